The van der Waals surface area contributed by atoms with E-state index in [-0.39, 0.29) is 24.8 Å². The summed E-state index contributed by atoms with van der Waals surface area (Å²) in [6, 6.07) is 1.80. The second-order valence-corrected chi connectivity index (χ2v) is 6.65. The minimum Gasteiger partial charge on any atom is -0.493 e. The summed E-state index contributed by atoms with van der Waals surface area (Å²) < 4.78 is 12.9. The number of nitrogens with one attached hydrogen (secondary N) is 1. The molecule has 26 heavy (non-hydrogen) atoms. The molecule has 0 unspecified atom stereocenters. The number of piperidine rings is 1. The monoisotopic (exact) mass is 421 g/mol. The molecule has 0 radical (unpaired) electrons. The van der Waals surface area contributed by atoms with Crippen molar-refractivity contribution in [2.24, 2.45) is 7.05 Å². The number of hydrogen-bond donors (Lipinski definition) is 1. The van der Waals surface area contributed by atoms with Crippen LogP contribution in [0.3, 0.4) is 0 Å². The van der Waals surface area contributed by atoms with E-state index in [9.17, 15) is 0 Å². The Morgan fingerprint density at radius 1 is 1.19 bits per heavy atom. The average Bonchev–Trinajstić information content (AvgIpc) is 3.00. The average molecular weight is 422 g/mol. The van der Waals surface area contributed by atoms with Crippen molar-refractivity contribution >= 4 is 36.6 Å². The molecule has 0 aliphatic carbocycles. The van der Waals surface area contributed by atoms with Crippen LogP contribution in [0.1, 0.15) is 30.3 Å². The van der Waals surface area contributed by atoms with Gasteiger partial charge in [0, 0.05) is 31.0 Å². The van der Waals surface area contributed by atoms with Crippen LogP contribution in [0.4, 0.5) is 0 Å². The number of aromatic nitrogens is 4. The van der Waals surface area contributed by atoms with Crippen molar-refractivity contribution in [2.45, 2.75) is 29.7 Å². The minimum atomic E-state index is 0. The van der Waals surface area contributed by atoms with E-state index in [4.69, 9.17) is 9.47 Å². The third-order valence-electron chi connectivity index (χ3n) is 4.28. The number of methoxy groups -OCH3 is 2. The SMILES string of the molecule is COc1ccnc(CSc2nnc(C3CCNCC3)n2C)c1OC.Cl.Cl. The molecule has 0 saturated carbocycles. The maximum absolute atomic E-state index is 5.44. The van der Waals surface area contributed by atoms with E-state index in [0.717, 1.165) is 42.6 Å². The number of hydrogen-bond acceptors (Lipinski definition) is 7. The van der Waals surface area contributed by atoms with Gasteiger partial charge in [0.1, 0.15) is 5.82 Å². The molecule has 1 aliphatic rings. The first-order chi connectivity index (χ1) is 11.7. The van der Waals surface area contributed by atoms with E-state index in [1.165, 1.54) is 0 Å². The molecule has 1 aliphatic heterocycles. The van der Waals surface area contributed by atoms with Crippen LogP contribution < -0.4 is 14.8 Å². The highest BCUT2D eigenvalue weighted by atomic mass is 35.5. The van der Waals surface area contributed by atoms with Gasteiger partial charge in [-0.15, -0.1) is 35.0 Å². The van der Waals surface area contributed by atoms with Gasteiger partial charge >= 0.3 is 0 Å². The van der Waals surface area contributed by atoms with Crippen LogP contribution in [-0.2, 0) is 12.8 Å². The zero-order valence-electron chi connectivity index (χ0n) is 15.1. The van der Waals surface area contributed by atoms with Gasteiger partial charge in [-0.1, -0.05) is 11.8 Å². The van der Waals surface area contributed by atoms with Crippen molar-refractivity contribution in [1.29, 1.82) is 0 Å². The van der Waals surface area contributed by atoms with Gasteiger partial charge < -0.3 is 19.4 Å². The highest BCUT2D eigenvalue weighted by Crippen LogP contribution is 2.33. The third kappa shape index (κ3) is 4.94. The van der Waals surface area contributed by atoms with Crippen LogP contribution in [0.2, 0.25) is 0 Å². The molecule has 10 heteroatoms. The Hall–Kier alpha value is -1.22. The molecule has 0 amide bonds. The molecule has 1 fully saturated rings. The van der Waals surface area contributed by atoms with Crippen LogP contribution in [-0.4, -0.2) is 47.1 Å². The predicted octanol–water partition coefficient (Wildman–Crippen LogP) is 2.83. The summed E-state index contributed by atoms with van der Waals surface area (Å²) in [5.41, 5.74) is 0.841. The maximum atomic E-state index is 5.44. The molecule has 2 aromatic heterocycles. The van der Waals surface area contributed by atoms with E-state index < -0.39 is 0 Å². The number of pyridine rings is 1. The van der Waals surface area contributed by atoms with Crippen LogP contribution in [0, 0.1) is 0 Å². The van der Waals surface area contributed by atoms with Crippen LogP contribution in [0.25, 0.3) is 0 Å². The molecule has 1 N–H and O–H groups in total. The second-order valence-electron chi connectivity index (χ2n) is 5.71. The number of nitrogens with zero attached hydrogens (tertiary/aromatic N) is 4. The largest absolute Gasteiger partial charge is 0.493 e. The first-order valence-electron chi connectivity index (χ1n) is 8.03. The Balaban J connectivity index is 0.00000169. The van der Waals surface area contributed by atoms with E-state index in [1.807, 2.05) is 7.05 Å². The lowest BCUT2D eigenvalue weighted by Gasteiger charge is -2.21. The van der Waals surface area contributed by atoms with Crippen molar-refractivity contribution < 1.29 is 9.47 Å². The van der Waals surface area contributed by atoms with Gasteiger partial charge in [-0.3, -0.25) is 4.98 Å². The summed E-state index contributed by atoms with van der Waals surface area (Å²) in [5.74, 6) is 3.58. The molecule has 0 bridgehead atoms. The van der Waals surface area contributed by atoms with Gasteiger partial charge in [-0.2, -0.15) is 0 Å². The normalized spacial score (nSPS) is 14.3. The van der Waals surface area contributed by atoms with Gasteiger partial charge in [0.25, 0.3) is 0 Å². The van der Waals surface area contributed by atoms with Crippen molar-refractivity contribution in [3.63, 3.8) is 0 Å². The molecule has 146 valence electrons. The van der Waals surface area contributed by atoms with Crippen molar-refractivity contribution in [1.82, 2.24) is 25.1 Å². The fraction of sp³-hybridized carbons (Fsp3) is 0.562. The molecule has 3 heterocycles. The topological polar surface area (TPSA) is 74.1 Å². The predicted molar refractivity (Wildman–Crippen MR) is 107 cm³/mol. The number of halogens is 2. The smallest absolute Gasteiger partial charge is 0.191 e. The molecule has 0 aromatic carbocycles. The Morgan fingerprint density at radius 3 is 2.58 bits per heavy atom. The zero-order chi connectivity index (χ0) is 16.9. The van der Waals surface area contributed by atoms with Crippen LogP contribution >= 0.6 is 36.6 Å². The lowest BCUT2D eigenvalue weighted by molar-refractivity contribution is 0.350. The van der Waals surface area contributed by atoms with Crippen molar-refractivity contribution in [2.75, 3.05) is 27.3 Å². The fourth-order valence-electron chi connectivity index (χ4n) is 2.97. The van der Waals surface area contributed by atoms with Gasteiger partial charge in [0.2, 0.25) is 0 Å². The maximum Gasteiger partial charge on any atom is 0.191 e. The van der Waals surface area contributed by atoms with Gasteiger partial charge in [0.05, 0.1) is 19.9 Å². The molecular weight excluding hydrogens is 397 g/mol. The fourth-order valence-corrected chi connectivity index (χ4v) is 3.83. The van der Waals surface area contributed by atoms with Crippen LogP contribution in [0.15, 0.2) is 17.4 Å². The lowest BCUT2D eigenvalue weighted by Crippen LogP contribution is -2.27. The number of rotatable bonds is 6. The van der Waals surface area contributed by atoms with Crippen molar-refractivity contribution in [3.8, 4) is 11.5 Å². The minimum absolute atomic E-state index is 0. The first kappa shape index (κ1) is 22.8. The summed E-state index contributed by atoms with van der Waals surface area (Å²) in [6.07, 6.45) is 3.96. The number of thioether (sulfide) groups is 1. The second kappa shape index (κ2) is 10.8. The summed E-state index contributed by atoms with van der Waals surface area (Å²) in [7, 11) is 5.30. The molecule has 2 aromatic rings. The Bertz CT molecular complexity index is 695. The quantitative estimate of drug-likeness (QED) is 0.718. The highest BCUT2D eigenvalue weighted by Gasteiger charge is 2.22. The Labute approximate surface area is 170 Å². The summed E-state index contributed by atoms with van der Waals surface area (Å²) in [4.78, 5) is 4.41. The lowest BCUT2D eigenvalue weighted by atomic mass is 9.97. The molecule has 0 spiro atoms. The Kier molecular flexibility index (Phi) is 9.49. The van der Waals surface area contributed by atoms with Gasteiger partial charge in [-0.05, 0) is 25.9 Å². The summed E-state index contributed by atoms with van der Waals surface area (Å²) in [5, 5.41) is 13.1. The summed E-state index contributed by atoms with van der Waals surface area (Å²) in [6.45, 7) is 2.09. The highest BCUT2D eigenvalue weighted by molar-refractivity contribution is 7.98. The molecule has 7 nitrogen and oxygen atoms in total. The Morgan fingerprint density at radius 2 is 1.92 bits per heavy atom. The molecular formula is C16H25Cl2N5O2S. The standard InChI is InChI=1S/C16H23N5O2S.2ClH/c1-21-15(11-4-7-17-8-5-11)19-20-16(21)24-10-12-14(23-3)13(22-2)6-9-18-12;;/h6,9,11,17H,4-5,7-8,10H2,1-3H3;2*1H. The number of ether oxygens (including phenoxy) is 2. The van der Waals surface area contributed by atoms with Gasteiger partial charge in [-0.25, -0.2) is 0 Å². The van der Waals surface area contributed by atoms with E-state index >= 15 is 0 Å². The third-order valence-corrected chi connectivity index (χ3v) is 5.31. The van der Waals surface area contributed by atoms with E-state index in [0.29, 0.717) is 23.2 Å². The first-order valence-corrected chi connectivity index (χ1v) is 9.01. The van der Waals surface area contributed by atoms with Crippen LogP contribution in [0.5, 0.6) is 11.5 Å². The molecule has 0 atom stereocenters. The van der Waals surface area contributed by atoms with Crippen molar-refractivity contribution in [3.05, 3.63) is 23.8 Å². The van der Waals surface area contributed by atoms with E-state index in [2.05, 4.69) is 25.1 Å². The van der Waals surface area contributed by atoms with Gasteiger partial charge in [0.15, 0.2) is 16.7 Å². The molecule has 3 rings (SSSR count). The molecule has 1 saturated heterocycles. The van der Waals surface area contributed by atoms with E-state index in [1.54, 1.807) is 38.2 Å². The zero-order valence-corrected chi connectivity index (χ0v) is 17.5. The summed E-state index contributed by atoms with van der Waals surface area (Å²) >= 11 is 1.61.